The molecule has 3 nitrogen and oxygen atoms in total. The number of morpholine rings is 1. The van der Waals surface area contributed by atoms with Crippen LogP contribution >= 0.6 is 15.9 Å². The minimum atomic E-state index is 0.0858. The van der Waals surface area contributed by atoms with Gasteiger partial charge >= 0.3 is 0 Å². The van der Waals surface area contributed by atoms with E-state index in [9.17, 15) is 4.79 Å². The third-order valence-corrected chi connectivity index (χ3v) is 4.34. The number of alkyl halides is 1. The summed E-state index contributed by atoms with van der Waals surface area (Å²) in [7, 11) is 0. The lowest BCUT2D eigenvalue weighted by molar-refractivity contribution is -0.00957. The summed E-state index contributed by atoms with van der Waals surface area (Å²) < 4.78 is 5.59. The number of benzene rings is 2. The summed E-state index contributed by atoms with van der Waals surface area (Å²) in [6.45, 7) is 1.91. The van der Waals surface area contributed by atoms with Crippen LogP contribution in [0.4, 0.5) is 0 Å². The number of fused-ring (bicyclic) bond motifs is 1. The van der Waals surface area contributed by atoms with Gasteiger partial charge in [-0.3, -0.25) is 4.79 Å². The number of carbonyl (C=O) groups excluding carboxylic acids is 1. The molecule has 0 bridgehead atoms. The first kappa shape index (κ1) is 13.6. The number of ether oxygens (including phenoxy) is 1. The number of nitrogens with zero attached hydrogens (tertiary/aromatic N) is 1. The van der Waals surface area contributed by atoms with Crippen molar-refractivity contribution in [3.8, 4) is 0 Å². The van der Waals surface area contributed by atoms with Crippen LogP contribution in [0.3, 0.4) is 0 Å². The Labute approximate surface area is 126 Å². The molecule has 1 atom stereocenters. The van der Waals surface area contributed by atoms with Crippen molar-refractivity contribution in [1.29, 1.82) is 0 Å². The molecule has 1 amide bonds. The second-order valence-corrected chi connectivity index (χ2v) is 5.57. The summed E-state index contributed by atoms with van der Waals surface area (Å²) >= 11 is 3.42. The molecule has 2 aromatic rings. The van der Waals surface area contributed by atoms with Crippen LogP contribution in [0.2, 0.25) is 0 Å². The van der Waals surface area contributed by atoms with Crippen molar-refractivity contribution in [2.45, 2.75) is 6.10 Å². The van der Waals surface area contributed by atoms with E-state index in [0.717, 1.165) is 21.7 Å². The van der Waals surface area contributed by atoms with Gasteiger partial charge in [0.15, 0.2) is 0 Å². The van der Waals surface area contributed by atoms with Gasteiger partial charge < -0.3 is 9.64 Å². The molecule has 0 aliphatic carbocycles. The average Bonchev–Trinajstić information content (AvgIpc) is 2.53. The zero-order valence-electron chi connectivity index (χ0n) is 11.1. The fraction of sp³-hybridized carbons (Fsp3) is 0.312. The molecule has 1 saturated heterocycles. The lowest BCUT2D eigenvalue weighted by atomic mass is 10.0. The number of halogens is 1. The van der Waals surface area contributed by atoms with Crippen LogP contribution in [0.25, 0.3) is 10.8 Å². The maximum Gasteiger partial charge on any atom is 0.254 e. The first-order chi connectivity index (χ1) is 9.79. The first-order valence-electron chi connectivity index (χ1n) is 6.74. The predicted octanol–water partition coefficient (Wildman–Crippen LogP) is 3.08. The monoisotopic (exact) mass is 333 g/mol. The fourth-order valence-electron chi connectivity index (χ4n) is 2.58. The van der Waals surface area contributed by atoms with Gasteiger partial charge in [0.1, 0.15) is 0 Å². The number of rotatable bonds is 2. The van der Waals surface area contributed by atoms with Crippen molar-refractivity contribution < 1.29 is 9.53 Å². The first-order valence-corrected chi connectivity index (χ1v) is 7.86. The molecule has 4 heteroatoms. The third kappa shape index (κ3) is 2.58. The Morgan fingerprint density at radius 2 is 2.05 bits per heavy atom. The second-order valence-electron chi connectivity index (χ2n) is 4.92. The van der Waals surface area contributed by atoms with Crippen LogP contribution in [-0.4, -0.2) is 41.9 Å². The van der Waals surface area contributed by atoms with Gasteiger partial charge in [0.2, 0.25) is 0 Å². The average molecular weight is 334 g/mol. The van der Waals surface area contributed by atoms with Crippen molar-refractivity contribution in [1.82, 2.24) is 4.90 Å². The Balaban J connectivity index is 1.92. The molecule has 1 heterocycles. The van der Waals surface area contributed by atoms with Gasteiger partial charge in [-0.05, 0) is 16.8 Å². The van der Waals surface area contributed by atoms with Gasteiger partial charge in [0, 0.05) is 24.0 Å². The highest BCUT2D eigenvalue weighted by atomic mass is 79.9. The summed E-state index contributed by atoms with van der Waals surface area (Å²) in [5.74, 6) is 0.0936. The molecule has 3 rings (SSSR count). The quantitative estimate of drug-likeness (QED) is 0.790. The summed E-state index contributed by atoms with van der Waals surface area (Å²) in [5.41, 5.74) is 0.776. The van der Waals surface area contributed by atoms with Crippen molar-refractivity contribution in [3.05, 3.63) is 48.0 Å². The van der Waals surface area contributed by atoms with Crippen LogP contribution in [0, 0.1) is 0 Å². The molecule has 20 heavy (non-hydrogen) atoms. The number of amides is 1. The highest BCUT2D eigenvalue weighted by Crippen LogP contribution is 2.21. The Hall–Kier alpha value is -1.39. The molecule has 0 aromatic heterocycles. The third-order valence-electron chi connectivity index (χ3n) is 3.62. The Morgan fingerprint density at radius 1 is 1.25 bits per heavy atom. The lowest BCUT2D eigenvalue weighted by Crippen LogP contribution is -2.46. The van der Waals surface area contributed by atoms with E-state index in [0.29, 0.717) is 19.7 Å². The van der Waals surface area contributed by atoms with Gasteiger partial charge in [-0.2, -0.15) is 0 Å². The molecule has 2 aromatic carbocycles. The molecule has 0 radical (unpaired) electrons. The zero-order valence-corrected chi connectivity index (χ0v) is 12.7. The van der Waals surface area contributed by atoms with Crippen LogP contribution in [0.15, 0.2) is 42.5 Å². The predicted molar refractivity (Wildman–Crippen MR) is 83.4 cm³/mol. The van der Waals surface area contributed by atoms with E-state index in [-0.39, 0.29) is 12.0 Å². The van der Waals surface area contributed by atoms with Crippen LogP contribution < -0.4 is 0 Å². The molecule has 0 saturated carbocycles. The SMILES string of the molecule is O=C(c1cccc2ccccc12)N1CCOC(CBr)C1. The van der Waals surface area contributed by atoms with Crippen molar-refractivity contribution in [3.63, 3.8) is 0 Å². The fourth-order valence-corrected chi connectivity index (χ4v) is 2.97. The minimum Gasteiger partial charge on any atom is -0.374 e. The van der Waals surface area contributed by atoms with Crippen molar-refractivity contribution in [2.24, 2.45) is 0 Å². The summed E-state index contributed by atoms with van der Waals surface area (Å²) in [4.78, 5) is 14.6. The normalized spacial score (nSPS) is 19.2. The molecule has 104 valence electrons. The Morgan fingerprint density at radius 3 is 2.90 bits per heavy atom. The molecule has 1 aliphatic rings. The van der Waals surface area contributed by atoms with Gasteiger partial charge in [-0.15, -0.1) is 0 Å². The molecule has 1 unspecified atom stereocenters. The van der Waals surface area contributed by atoms with E-state index in [1.54, 1.807) is 0 Å². The molecule has 0 N–H and O–H groups in total. The van der Waals surface area contributed by atoms with Crippen LogP contribution in [0.1, 0.15) is 10.4 Å². The largest absolute Gasteiger partial charge is 0.374 e. The van der Waals surface area contributed by atoms with E-state index >= 15 is 0 Å². The number of hydrogen-bond acceptors (Lipinski definition) is 2. The number of hydrogen-bond donors (Lipinski definition) is 0. The standard InChI is InChI=1S/C16H16BrNO2/c17-10-13-11-18(8-9-20-13)16(19)15-7-3-5-12-4-1-2-6-14(12)15/h1-7,13H,8-11H2. The second kappa shape index (κ2) is 5.94. The molecule has 0 spiro atoms. The molecular formula is C16H16BrNO2. The Kier molecular flexibility index (Phi) is 4.03. The highest BCUT2D eigenvalue weighted by molar-refractivity contribution is 9.09. The van der Waals surface area contributed by atoms with E-state index in [1.807, 2.05) is 47.4 Å². The van der Waals surface area contributed by atoms with E-state index in [2.05, 4.69) is 15.9 Å². The van der Waals surface area contributed by atoms with Crippen molar-refractivity contribution in [2.75, 3.05) is 25.0 Å². The maximum absolute atomic E-state index is 12.7. The van der Waals surface area contributed by atoms with E-state index in [1.165, 1.54) is 0 Å². The molecular weight excluding hydrogens is 318 g/mol. The summed E-state index contributed by atoms with van der Waals surface area (Å²) in [6.07, 6.45) is 0.0858. The zero-order chi connectivity index (χ0) is 13.9. The molecule has 1 fully saturated rings. The van der Waals surface area contributed by atoms with Gasteiger partial charge in [0.05, 0.1) is 12.7 Å². The Bertz CT molecular complexity index is 623. The smallest absolute Gasteiger partial charge is 0.254 e. The van der Waals surface area contributed by atoms with Gasteiger partial charge in [-0.25, -0.2) is 0 Å². The highest BCUT2D eigenvalue weighted by Gasteiger charge is 2.25. The van der Waals surface area contributed by atoms with E-state index in [4.69, 9.17) is 4.74 Å². The molecule has 1 aliphatic heterocycles. The van der Waals surface area contributed by atoms with Crippen molar-refractivity contribution >= 4 is 32.6 Å². The van der Waals surface area contributed by atoms with Gasteiger partial charge in [-0.1, -0.05) is 52.3 Å². The summed E-state index contributed by atoms with van der Waals surface area (Å²) in [5, 5.41) is 2.87. The lowest BCUT2D eigenvalue weighted by Gasteiger charge is -2.32. The number of carbonyl (C=O) groups is 1. The minimum absolute atomic E-state index is 0.0858. The summed E-state index contributed by atoms with van der Waals surface area (Å²) in [6, 6.07) is 13.9. The van der Waals surface area contributed by atoms with Crippen LogP contribution in [-0.2, 0) is 4.74 Å². The van der Waals surface area contributed by atoms with Gasteiger partial charge in [0.25, 0.3) is 5.91 Å². The van der Waals surface area contributed by atoms with E-state index < -0.39 is 0 Å². The van der Waals surface area contributed by atoms with Crippen LogP contribution in [0.5, 0.6) is 0 Å². The topological polar surface area (TPSA) is 29.5 Å². The maximum atomic E-state index is 12.7.